The van der Waals surface area contributed by atoms with Gasteiger partial charge in [-0.2, -0.15) is 0 Å². The number of piperazine rings is 3. The summed E-state index contributed by atoms with van der Waals surface area (Å²) in [6, 6.07) is -3.38. The number of ketones is 1. The quantitative estimate of drug-likeness (QED) is 0.0407. The highest BCUT2D eigenvalue weighted by Crippen LogP contribution is 2.15. The van der Waals surface area contributed by atoms with Crippen molar-refractivity contribution in [2.45, 2.75) is 95.5 Å². The van der Waals surface area contributed by atoms with E-state index >= 15 is 0 Å². The van der Waals surface area contributed by atoms with E-state index in [1.165, 1.54) is 0 Å². The molecule has 0 radical (unpaired) electrons. The van der Waals surface area contributed by atoms with Crippen LogP contribution < -0.4 is 55.7 Å². The summed E-state index contributed by atoms with van der Waals surface area (Å²) in [5.41, 5.74) is 31.6. The minimum absolute atomic E-state index is 0. The minimum atomic E-state index is -0.883. The van der Waals surface area contributed by atoms with Gasteiger partial charge in [0.25, 0.3) is 0 Å². The summed E-state index contributed by atoms with van der Waals surface area (Å²) in [6.07, 6.45) is 4.86. The fourth-order valence-electron chi connectivity index (χ4n) is 5.74. The molecule has 3 aliphatic rings. The molecule has 3 heterocycles. The number of rotatable bonds is 16. The van der Waals surface area contributed by atoms with Crippen molar-refractivity contribution in [2.75, 3.05) is 46.3 Å². The maximum absolute atomic E-state index is 12.9. The largest absolute Gasteiger partial charge is 0.370 e. The second-order valence-corrected chi connectivity index (χ2v) is 12.4. The van der Waals surface area contributed by atoms with Crippen LogP contribution in [0.3, 0.4) is 0 Å². The number of hydrogen-bond donors (Lipinski definition) is 10. The van der Waals surface area contributed by atoms with E-state index in [0.29, 0.717) is 58.3 Å². The minimum Gasteiger partial charge on any atom is -0.370 e. The summed E-state index contributed by atoms with van der Waals surface area (Å²) in [5.74, 6) is -2.17. The van der Waals surface area contributed by atoms with Gasteiger partial charge >= 0.3 is 0 Å². The first-order chi connectivity index (χ1) is 23.1. The molecular formula is C30H58N14O6. The van der Waals surface area contributed by atoms with Crippen LogP contribution in [0.1, 0.15) is 59.3 Å². The molecule has 20 nitrogen and oxygen atoms in total. The van der Waals surface area contributed by atoms with Gasteiger partial charge in [-0.3, -0.25) is 48.6 Å². The summed E-state index contributed by atoms with van der Waals surface area (Å²) >= 11 is 0. The molecule has 16 N–H and O–H groups in total. The molecule has 0 aliphatic carbocycles. The number of unbranched alkanes of at least 4 members (excludes halogenated alkanes) is 1. The van der Waals surface area contributed by atoms with Crippen molar-refractivity contribution in [1.29, 1.82) is 0 Å². The Morgan fingerprint density at radius 3 is 1.70 bits per heavy atom. The average molecular weight is 711 g/mol. The van der Waals surface area contributed by atoms with Crippen molar-refractivity contribution in [3.8, 4) is 0 Å². The highest BCUT2D eigenvalue weighted by atomic mass is 16.2. The third-order valence-corrected chi connectivity index (χ3v) is 8.44. The molecule has 6 atom stereocenters. The van der Waals surface area contributed by atoms with E-state index in [0.717, 1.165) is 12.8 Å². The van der Waals surface area contributed by atoms with Gasteiger partial charge in [0.1, 0.15) is 18.1 Å². The SMILES string of the molecule is C.CCCC[C@@H]1NC[C@H](C(=O)CN2C[C@H](C(N)=O)NC(=O)[C@@H]2CCCN=C(N)N)NC1=O.CN1C[C@H](C(N)=O)NC(=O)[C@@H]1CCCN=C(N)N. The molecule has 3 aliphatic heterocycles. The molecule has 0 saturated carbocycles. The number of amides is 5. The number of carbonyl (C=O) groups is 6. The van der Waals surface area contributed by atoms with E-state index in [2.05, 4.69) is 38.2 Å². The van der Waals surface area contributed by atoms with Crippen LogP contribution >= 0.6 is 0 Å². The maximum atomic E-state index is 12.9. The maximum Gasteiger partial charge on any atom is 0.241 e. The van der Waals surface area contributed by atoms with Crippen molar-refractivity contribution in [3.05, 3.63) is 0 Å². The lowest BCUT2D eigenvalue weighted by molar-refractivity contribution is -0.139. The normalized spacial score (nSPS) is 25.3. The molecule has 5 amide bonds. The first kappa shape index (κ1) is 43.5. The lowest BCUT2D eigenvalue weighted by Crippen LogP contribution is -2.66. The zero-order valence-corrected chi connectivity index (χ0v) is 28.4. The lowest BCUT2D eigenvalue weighted by Gasteiger charge is -2.39. The summed E-state index contributed by atoms with van der Waals surface area (Å²) in [5, 5.41) is 11.1. The van der Waals surface area contributed by atoms with Gasteiger partial charge in [0.2, 0.25) is 29.5 Å². The van der Waals surface area contributed by atoms with E-state index in [4.69, 9.17) is 34.4 Å². The van der Waals surface area contributed by atoms with Crippen molar-refractivity contribution < 1.29 is 28.8 Å². The van der Waals surface area contributed by atoms with Crippen LogP contribution in [0.2, 0.25) is 0 Å². The summed E-state index contributed by atoms with van der Waals surface area (Å²) < 4.78 is 0. The lowest BCUT2D eigenvalue weighted by atomic mass is 10.00. The van der Waals surface area contributed by atoms with Gasteiger partial charge in [0.05, 0.1) is 24.7 Å². The fraction of sp³-hybridized carbons (Fsp3) is 0.733. The molecule has 0 spiro atoms. The van der Waals surface area contributed by atoms with Crippen molar-refractivity contribution >= 4 is 47.2 Å². The number of Topliss-reactive ketones (excluding diaryl/α,β-unsaturated/α-hetero) is 1. The van der Waals surface area contributed by atoms with Crippen molar-refractivity contribution in [1.82, 2.24) is 31.1 Å². The molecule has 3 rings (SSSR count). The molecule has 3 fully saturated rings. The fourth-order valence-corrected chi connectivity index (χ4v) is 5.74. The summed E-state index contributed by atoms with van der Waals surface area (Å²) in [4.78, 5) is 83.4. The predicted octanol–water partition coefficient (Wildman–Crippen LogP) is -5.13. The first-order valence-electron chi connectivity index (χ1n) is 16.4. The van der Waals surface area contributed by atoms with Crippen LogP contribution in [-0.4, -0.2) is 140 Å². The molecule has 3 saturated heterocycles. The molecule has 284 valence electrons. The third kappa shape index (κ3) is 14.1. The Morgan fingerprint density at radius 1 is 0.720 bits per heavy atom. The van der Waals surface area contributed by atoms with Gasteiger partial charge in [-0.05, 0) is 39.2 Å². The molecule has 20 heteroatoms. The number of hydrogen-bond acceptors (Lipinski definition) is 11. The van der Waals surface area contributed by atoms with E-state index < -0.39 is 36.0 Å². The average Bonchev–Trinajstić information content (AvgIpc) is 3.02. The molecule has 50 heavy (non-hydrogen) atoms. The highest BCUT2D eigenvalue weighted by Gasteiger charge is 2.39. The molecule has 0 aromatic rings. The molecular weight excluding hydrogens is 652 g/mol. The Kier molecular flexibility index (Phi) is 18.7. The van der Waals surface area contributed by atoms with Crippen LogP contribution in [0.5, 0.6) is 0 Å². The number of aliphatic imine (C=N–C) groups is 2. The van der Waals surface area contributed by atoms with Crippen LogP contribution in [0.15, 0.2) is 9.98 Å². The van der Waals surface area contributed by atoms with Crippen LogP contribution in [0.4, 0.5) is 0 Å². The van der Waals surface area contributed by atoms with Gasteiger partial charge in [-0.1, -0.05) is 27.2 Å². The van der Waals surface area contributed by atoms with E-state index in [-0.39, 0.29) is 68.0 Å². The standard InChI is InChI=1S/C19H34N8O4.C10H20N6O2.CH4/c1-2-3-5-11-17(30)25-12(8-24-11)15(28)10-27-9-13(16(20)29)26-18(31)14(27)6-4-7-23-19(21)22;1-16-5-6(8(11)17)15-9(18)7(16)3-2-4-14-10(12)13;/h11-14,24H,2-10H2,1H3,(H2,20,29)(H,25,30)(H,26,31)(H4,21,22,23);6-7H,2-5H2,1H3,(H2,11,17)(H,15,18)(H4,12,13,14);1H4/t11-,12+,13+,14-;6-,7+;/m01./s1. The van der Waals surface area contributed by atoms with E-state index in [1.807, 2.05) is 4.90 Å². The van der Waals surface area contributed by atoms with Crippen LogP contribution in [0, 0.1) is 0 Å². The summed E-state index contributed by atoms with van der Waals surface area (Å²) in [6.45, 7) is 3.66. The second-order valence-electron chi connectivity index (χ2n) is 12.4. The molecule has 0 aromatic carbocycles. The van der Waals surface area contributed by atoms with Gasteiger partial charge < -0.3 is 55.7 Å². The van der Waals surface area contributed by atoms with Crippen LogP contribution in [-0.2, 0) is 28.8 Å². The van der Waals surface area contributed by atoms with E-state index in [9.17, 15) is 28.8 Å². The number of carbonyl (C=O) groups excluding carboxylic acids is 6. The highest BCUT2D eigenvalue weighted by molar-refractivity contribution is 5.95. The second kappa shape index (κ2) is 21.5. The Hall–Kier alpha value is -4.56. The number of nitrogens with two attached hydrogens (primary N) is 6. The number of primary amides is 2. The van der Waals surface area contributed by atoms with Gasteiger partial charge in [0, 0.05) is 32.7 Å². The number of guanidine groups is 2. The Bertz CT molecular complexity index is 1240. The molecule has 0 bridgehead atoms. The Labute approximate surface area is 293 Å². The van der Waals surface area contributed by atoms with Gasteiger partial charge in [0.15, 0.2) is 17.7 Å². The number of likely N-dealkylation sites (N-methyl/N-ethyl adjacent to an activating group) is 1. The van der Waals surface area contributed by atoms with Crippen molar-refractivity contribution in [3.63, 3.8) is 0 Å². The molecule has 0 aromatic heterocycles. The number of nitrogens with one attached hydrogen (secondary N) is 4. The third-order valence-electron chi connectivity index (χ3n) is 8.44. The topological polar surface area (TPSA) is 338 Å². The summed E-state index contributed by atoms with van der Waals surface area (Å²) in [7, 11) is 1.79. The predicted molar refractivity (Wildman–Crippen MR) is 189 cm³/mol. The van der Waals surface area contributed by atoms with Crippen LogP contribution in [0.25, 0.3) is 0 Å². The Balaban J connectivity index is 0.000000562. The van der Waals surface area contributed by atoms with Gasteiger partial charge in [-0.15, -0.1) is 0 Å². The smallest absolute Gasteiger partial charge is 0.241 e. The zero-order valence-electron chi connectivity index (χ0n) is 28.4. The van der Waals surface area contributed by atoms with Gasteiger partial charge in [-0.25, -0.2) is 0 Å². The van der Waals surface area contributed by atoms with Crippen molar-refractivity contribution in [2.24, 2.45) is 44.4 Å². The Morgan fingerprint density at radius 2 is 1.22 bits per heavy atom. The monoisotopic (exact) mass is 710 g/mol. The zero-order chi connectivity index (χ0) is 36.7. The first-order valence-corrected chi connectivity index (χ1v) is 16.4. The van der Waals surface area contributed by atoms with E-state index in [1.54, 1.807) is 11.9 Å². The molecule has 0 unspecified atom stereocenters. The number of nitrogens with zero attached hydrogens (tertiary/aromatic N) is 4.